The molecule has 0 spiro atoms. The number of benzene rings is 1. The van der Waals surface area contributed by atoms with Crippen LogP contribution in [-0.4, -0.2) is 22.5 Å². The van der Waals surface area contributed by atoms with E-state index in [1.54, 1.807) is 19.1 Å². The zero-order chi connectivity index (χ0) is 13.2. The van der Waals surface area contributed by atoms with Gasteiger partial charge in [-0.2, -0.15) is 0 Å². The van der Waals surface area contributed by atoms with Crippen molar-refractivity contribution < 1.29 is 14.5 Å². The molecular formula is C12H10N2O4. The number of nitro benzene ring substituents is 1. The van der Waals surface area contributed by atoms with E-state index in [1.807, 2.05) is 0 Å². The van der Waals surface area contributed by atoms with E-state index >= 15 is 0 Å². The van der Waals surface area contributed by atoms with Crippen molar-refractivity contribution in [2.24, 2.45) is 4.99 Å². The molecule has 18 heavy (non-hydrogen) atoms. The molecule has 1 atom stereocenters. The summed E-state index contributed by atoms with van der Waals surface area (Å²) in [6.45, 7) is 1.59. The summed E-state index contributed by atoms with van der Waals surface area (Å²) in [5.41, 5.74) is -0.140. The van der Waals surface area contributed by atoms with Crippen LogP contribution < -0.4 is 0 Å². The van der Waals surface area contributed by atoms with Crippen molar-refractivity contribution in [1.29, 1.82) is 0 Å². The topological polar surface area (TPSA) is 81.8 Å². The number of nitro groups is 1. The van der Waals surface area contributed by atoms with Gasteiger partial charge in [-0.15, -0.1) is 0 Å². The van der Waals surface area contributed by atoms with Crippen LogP contribution in [0.5, 0.6) is 0 Å². The van der Waals surface area contributed by atoms with E-state index in [9.17, 15) is 14.9 Å². The van der Waals surface area contributed by atoms with Gasteiger partial charge in [0.05, 0.1) is 16.8 Å². The Kier molecular flexibility index (Phi) is 2.93. The first kappa shape index (κ1) is 12.0. The van der Waals surface area contributed by atoms with E-state index in [-0.39, 0.29) is 5.69 Å². The van der Waals surface area contributed by atoms with Crippen LogP contribution in [0.4, 0.5) is 5.69 Å². The first-order valence-corrected chi connectivity index (χ1v) is 5.19. The third-order valence-electron chi connectivity index (χ3n) is 2.62. The molecule has 0 aromatic heterocycles. The maximum Gasteiger partial charge on any atom is 0.269 e. The van der Waals surface area contributed by atoms with Crippen molar-refractivity contribution >= 4 is 17.7 Å². The third-order valence-corrected chi connectivity index (χ3v) is 2.62. The molecule has 6 nitrogen and oxygen atoms in total. The van der Waals surface area contributed by atoms with E-state index < -0.39 is 10.5 Å². The number of aliphatic imine (C=N–C) groups is 1. The summed E-state index contributed by atoms with van der Waals surface area (Å²) in [4.78, 5) is 25.3. The summed E-state index contributed by atoms with van der Waals surface area (Å²) in [6.07, 6.45) is 3.42. The van der Waals surface area contributed by atoms with Crippen LogP contribution in [-0.2, 0) is 9.53 Å². The Hall–Kier alpha value is -2.50. The predicted molar refractivity (Wildman–Crippen MR) is 64.3 cm³/mol. The number of nitrogens with zero attached hydrogens (tertiary/aromatic N) is 2. The molecule has 1 heterocycles. The largest absolute Gasteiger partial charge is 0.480 e. The number of hydrogen-bond donors (Lipinski definition) is 0. The first-order valence-electron chi connectivity index (χ1n) is 5.19. The van der Waals surface area contributed by atoms with Crippen LogP contribution in [0, 0.1) is 10.1 Å². The molecule has 1 aliphatic rings. The van der Waals surface area contributed by atoms with Gasteiger partial charge in [0, 0.05) is 17.7 Å². The first-order chi connectivity index (χ1) is 8.57. The van der Waals surface area contributed by atoms with Crippen LogP contribution >= 0.6 is 0 Å². The lowest BCUT2D eigenvalue weighted by molar-refractivity contribution is -0.384. The minimum atomic E-state index is -1.16. The van der Waals surface area contributed by atoms with Crippen molar-refractivity contribution in [3.05, 3.63) is 52.4 Å². The number of carbonyl (C=O) groups excluding carboxylic acids is 1. The summed E-state index contributed by atoms with van der Waals surface area (Å²) < 4.78 is 5.25. The van der Waals surface area contributed by atoms with Crippen LogP contribution in [0.25, 0.3) is 0 Å². The van der Waals surface area contributed by atoms with Crippen molar-refractivity contribution in [3.8, 4) is 0 Å². The number of non-ortho nitro benzene ring substituents is 1. The maximum absolute atomic E-state index is 11.1. The molecule has 1 aromatic rings. The lowest BCUT2D eigenvalue weighted by Gasteiger charge is -2.26. The Balaban J connectivity index is 2.41. The van der Waals surface area contributed by atoms with Crippen LogP contribution in [0.3, 0.4) is 0 Å². The molecule has 0 radical (unpaired) electrons. The average Bonchev–Trinajstić information content (AvgIpc) is 2.39. The highest BCUT2D eigenvalue weighted by Crippen LogP contribution is 2.22. The van der Waals surface area contributed by atoms with Crippen molar-refractivity contribution in [1.82, 2.24) is 0 Å². The zero-order valence-electron chi connectivity index (χ0n) is 9.57. The molecular weight excluding hydrogens is 236 g/mol. The fourth-order valence-electron chi connectivity index (χ4n) is 1.65. The van der Waals surface area contributed by atoms with Crippen LogP contribution in [0.2, 0.25) is 0 Å². The quantitative estimate of drug-likeness (QED) is 0.463. The second kappa shape index (κ2) is 4.40. The number of aldehydes is 1. The highest BCUT2D eigenvalue weighted by atomic mass is 16.6. The highest BCUT2D eigenvalue weighted by molar-refractivity contribution is 6.15. The smallest absolute Gasteiger partial charge is 0.269 e. The fraction of sp³-hybridized carbons (Fsp3) is 0.167. The summed E-state index contributed by atoms with van der Waals surface area (Å²) in [6, 6.07) is 5.81. The lowest BCUT2D eigenvalue weighted by Crippen LogP contribution is -2.40. The minimum absolute atomic E-state index is 0.0144. The molecule has 0 aliphatic carbocycles. The standard InChI is InChI=1S/C12H10N2O4/c1-12(8-15)11(13-6-7-18-12)9-2-4-10(5-3-9)14(16)17/h2-8H,1H3/t12-/m0/s1. The molecule has 0 unspecified atom stereocenters. The van der Waals surface area contributed by atoms with Gasteiger partial charge in [-0.25, -0.2) is 0 Å². The Morgan fingerprint density at radius 1 is 1.39 bits per heavy atom. The van der Waals surface area contributed by atoms with Crippen molar-refractivity contribution in [2.75, 3.05) is 0 Å². The summed E-state index contributed by atoms with van der Waals surface area (Å²) in [7, 11) is 0. The van der Waals surface area contributed by atoms with Gasteiger partial charge in [0.25, 0.3) is 5.69 Å². The third kappa shape index (κ3) is 2.00. The van der Waals surface area contributed by atoms with Crippen LogP contribution in [0.1, 0.15) is 12.5 Å². The van der Waals surface area contributed by atoms with Gasteiger partial charge >= 0.3 is 0 Å². The van der Waals surface area contributed by atoms with Gasteiger partial charge < -0.3 is 4.74 Å². The molecule has 0 saturated heterocycles. The van der Waals surface area contributed by atoms with E-state index in [0.29, 0.717) is 17.6 Å². The Bertz CT molecular complexity index is 548. The fourth-order valence-corrected chi connectivity index (χ4v) is 1.65. The van der Waals surface area contributed by atoms with E-state index in [2.05, 4.69) is 4.99 Å². The normalized spacial score (nSPS) is 21.9. The Morgan fingerprint density at radius 2 is 2.06 bits per heavy atom. The highest BCUT2D eigenvalue weighted by Gasteiger charge is 2.34. The number of rotatable bonds is 3. The maximum atomic E-state index is 11.1. The predicted octanol–water partition coefficient (Wildman–Crippen LogP) is 1.84. The molecule has 1 aliphatic heterocycles. The van der Waals surface area contributed by atoms with E-state index in [0.717, 1.165) is 0 Å². The molecule has 0 saturated carbocycles. The average molecular weight is 246 g/mol. The Labute approximate surface area is 103 Å². The minimum Gasteiger partial charge on any atom is -0.480 e. The SMILES string of the molecule is C[C@@]1(C=O)OC=CN=C1c1ccc([N+](=O)[O-])cc1. The van der Waals surface area contributed by atoms with Gasteiger partial charge in [0.2, 0.25) is 5.60 Å². The zero-order valence-corrected chi connectivity index (χ0v) is 9.57. The molecule has 1 aromatic carbocycles. The molecule has 0 bridgehead atoms. The number of hydrogen-bond acceptors (Lipinski definition) is 5. The van der Waals surface area contributed by atoms with E-state index in [4.69, 9.17) is 4.74 Å². The van der Waals surface area contributed by atoms with Gasteiger partial charge in [-0.1, -0.05) is 0 Å². The molecule has 92 valence electrons. The van der Waals surface area contributed by atoms with Gasteiger partial charge in [0.1, 0.15) is 6.26 Å². The Morgan fingerprint density at radius 3 is 2.61 bits per heavy atom. The summed E-state index contributed by atoms with van der Waals surface area (Å²) in [5.74, 6) is 0. The molecule has 0 N–H and O–H groups in total. The van der Waals surface area contributed by atoms with Crippen LogP contribution in [0.15, 0.2) is 41.7 Å². The second-order valence-electron chi connectivity index (χ2n) is 3.91. The molecule has 0 fully saturated rings. The lowest BCUT2D eigenvalue weighted by atomic mass is 9.94. The number of ether oxygens (including phenoxy) is 1. The van der Waals surface area contributed by atoms with E-state index in [1.165, 1.54) is 24.6 Å². The molecule has 6 heteroatoms. The monoisotopic (exact) mass is 246 g/mol. The van der Waals surface area contributed by atoms with Gasteiger partial charge in [-0.3, -0.25) is 19.9 Å². The van der Waals surface area contributed by atoms with Crippen molar-refractivity contribution in [2.45, 2.75) is 12.5 Å². The van der Waals surface area contributed by atoms with Crippen molar-refractivity contribution in [3.63, 3.8) is 0 Å². The molecule has 0 amide bonds. The van der Waals surface area contributed by atoms with Gasteiger partial charge in [0.15, 0.2) is 6.29 Å². The summed E-state index contributed by atoms with van der Waals surface area (Å²) in [5, 5.41) is 10.6. The summed E-state index contributed by atoms with van der Waals surface area (Å²) >= 11 is 0. The number of carbonyl (C=O) groups is 1. The second-order valence-corrected chi connectivity index (χ2v) is 3.91. The van der Waals surface area contributed by atoms with Gasteiger partial charge in [-0.05, 0) is 19.1 Å². The molecule has 2 rings (SSSR count).